The summed E-state index contributed by atoms with van der Waals surface area (Å²) in [6, 6.07) is 11.8. The first kappa shape index (κ1) is 14.5. The Morgan fingerprint density at radius 1 is 1.05 bits per heavy atom. The first-order valence-corrected chi connectivity index (χ1v) is 8.15. The van der Waals surface area contributed by atoms with Gasteiger partial charge in [0, 0.05) is 11.6 Å². The molecule has 0 spiro atoms. The molecule has 0 saturated heterocycles. The third-order valence-corrected chi connectivity index (χ3v) is 5.34. The van der Waals surface area contributed by atoms with Crippen molar-refractivity contribution in [1.29, 1.82) is 0 Å². The number of hydrogen-bond acceptors (Lipinski definition) is 4. The fourth-order valence-corrected chi connectivity index (χ4v) is 3.75. The smallest absolute Gasteiger partial charge is 0.268 e. The summed E-state index contributed by atoms with van der Waals surface area (Å²) >= 11 is 0. The summed E-state index contributed by atoms with van der Waals surface area (Å²) in [5.74, 6) is 0.526. The zero-order valence-corrected chi connectivity index (χ0v) is 13.1. The molecule has 0 fully saturated rings. The van der Waals surface area contributed by atoms with Gasteiger partial charge in [0.05, 0.1) is 23.2 Å². The van der Waals surface area contributed by atoms with E-state index in [1.54, 1.807) is 42.5 Å². The molecular formula is C16H16N2O3S. The zero-order chi connectivity index (χ0) is 15.9. The molecular weight excluding hydrogens is 300 g/mol. The lowest BCUT2D eigenvalue weighted by Crippen LogP contribution is -2.11. The molecule has 1 heterocycles. The van der Waals surface area contributed by atoms with Gasteiger partial charge in [0.15, 0.2) is 0 Å². The lowest BCUT2D eigenvalue weighted by atomic mass is 10.2. The Kier molecular flexibility index (Phi) is 3.33. The van der Waals surface area contributed by atoms with Crippen molar-refractivity contribution >= 4 is 26.6 Å². The Morgan fingerprint density at radius 2 is 1.73 bits per heavy atom. The van der Waals surface area contributed by atoms with Crippen molar-refractivity contribution in [3.8, 4) is 5.75 Å². The monoisotopic (exact) mass is 316 g/mol. The van der Waals surface area contributed by atoms with Crippen LogP contribution < -0.4 is 10.5 Å². The van der Waals surface area contributed by atoms with Gasteiger partial charge in [0.25, 0.3) is 10.0 Å². The van der Waals surface area contributed by atoms with E-state index in [-0.39, 0.29) is 4.90 Å². The quantitative estimate of drug-likeness (QED) is 0.754. The number of nitrogen functional groups attached to an aromatic ring is 1. The summed E-state index contributed by atoms with van der Waals surface area (Å²) in [6.45, 7) is 1.91. The minimum Gasteiger partial charge on any atom is -0.495 e. The van der Waals surface area contributed by atoms with Gasteiger partial charge in [-0.25, -0.2) is 12.4 Å². The summed E-state index contributed by atoms with van der Waals surface area (Å²) in [5, 5.41) is 0.648. The molecule has 5 nitrogen and oxygen atoms in total. The van der Waals surface area contributed by atoms with Crippen LogP contribution in [0.25, 0.3) is 10.9 Å². The number of nitrogens with zero attached hydrogens (tertiary/aromatic N) is 1. The summed E-state index contributed by atoms with van der Waals surface area (Å²) in [4.78, 5) is 0.241. The van der Waals surface area contributed by atoms with Gasteiger partial charge in [-0.1, -0.05) is 17.7 Å². The predicted molar refractivity (Wildman–Crippen MR) is 86.7 cm³/mol. The highest BCUT2D eigenvalue weighted by Crippen LogP contribution is 2.32. The highest BCUT2D eigenvalue weighted by atomic mass is 32.2. The summed E-state index contributed by atoms with van der Waals surface area (Å²) in [6.07, 6.45) is 1.51. The first-order chi connectivity index (χ1) is 10.4. The molecule has 0 bridgehead atoms. The number of anilines is 1. The molecule has 3 aromatic rings. The van der Waals surface area contributed by atoms with Crippen molar-refractivity contribution in [2.75, 3.05) is 12.8 Å². The summed E-state index contributed by atoms with van der Waals surface area (Å²) < 4.78 is 32.0. The molecule has 22 heavy (non-hydrogen) atoms. The Hall–Kier alpha value is -2.47. The van der Waals surface area contributed by atoms with Crippen LogP contribution in [0, 0.1) is 6.92 Å². The van der Waals surface area contributed by atoms with E-state index >= 15 is 0 Å². The standard InChI is InChI=1S/C16H16N2O3S/c1-11-3-5-12(6-4-11)22(19,20)18-10-9-13-14(18)7-8-15(21-2)16(13)17/h3-10H,17H2,1-2H3. The van der Waals surface area contributed by atoms with Crippen LogP contribution in [0.4, 0.5) is 5.69 Å². The van der Waals surface area contributed by atoms with E-state index in [4.69, 9.17) is 10.5 Å². The van der Waals surface area contributed by atoms with Crippen LogP contribution in [0.2, 0.25) is 0 Å². The van der Waals surface area contributed by atoms with Gasteiger partial charge in [-0.3, -0.25) is 0 Å². The molecule has 2 N–H and O–H groups in total. The number of benzene rings is 2. The molecule has 2 aromatic carbocycles. The van der Waals surface area contributed by atoms with Gasteiger partial charge in [0.2, 0.25) is 0 Å². The van der Waals surface area contributed by atoms with Crippen LogP contribution in [-0.2, 0) is 10.0 Å². The molecule has 0 radical (unpaired) electrons. The lowest BCUT2D eigenvalue weighted by molar-refractivity contribution is 0.417. The first-order valence-electron chi connectivity index (χ1n) is 6.71. The van der Waals surface area contributed by atoms with Crippen LogP contribution in [0.15, 0.2) is 53.6 Å². The highest BCUT2D eigenvalue weighted by molar-refractivity contribution is 7.90. The van der Waals surface area contributed by atoms with Crippen molar-refractivity contribution in [3.05, 3.63) is 54.2 Å². The van der Waals surface area contributed by atoms with Crippen molar-refractivity contribution in [2.45, 2.75) is 11.8 Å². The largest absolute Gasteiger partial charge is 0.495 e. The third-order valence-electron chi connectivity index (χ3n) is 3.64. The second-order valence-electron chi connectivity index (χ2n) is 5.04. The van der Waals surface area contributed by atoms with E-state index < -0.39 is 10.0 Å². The SMILES string of the molecule is COc1ccc2c(ccn2S(=O)(=O)c2ccc(C)cc2)c1N. The maximum absolute atomic E-state index is 12.8. The fraction of sp³-hybridized carbons (Fsp3) is 0.125. The van der Waals surface area contributed by atoms with E-state index in [1.807, 2.05) is 6.92 Å². The number of fused-ring (bicyclic) bond motifs is 1. The Bertz CT molecular complexity index is 941. The second-order valence-corrected chi connectivity index (χ2v) is 6.86. The maximum atomic E-state index is 12.8. The number of rotatable bonds is 3. The van der Waals surface area contributed by atoms with Crippen LogP contribution >= 0.6 is 0 Å². The minimum atomic E-state index is -3.66. The third kappa shape index (κ3) is 2.12. The molecule has 0 amide bonds. The van der Waals surface area contributed by atoms with Crippen molar-refractivity contribution in [1.82, 2.24) is 3.97 Å². The summed E-state index contributed by atoms with van der Waals surface area (Å²) in [7, 11) is -2.13. The minimum absolute atomic E-state index is 0.241. The summed E-state index contributed by atoms with van der Waals surface area (Å²) in [5.41, 5.74) is 7.97. The van der Waals surface area contributed by atoms with Crippen molar-refractivity contribution < 1.29 is 13.2 Å². The number of aryl methyl sites for hydroxylation is 1. The Morgan fingerprint density at radius 3 is 2.36 bits per heavy atom. The van der Waals surface area contributed by atoms with Crippen LogP contribution in [0.5, 0.6) is 5.75 Å². The number of ether oxygens (including phenoxy) is 1. The van der Waals surface area contributed by atoms with Gasteiger partial charge >= 0.3 is 0 Å². The fourth-order valence-electron chi connectivity index (χ4n) is 2.41. The lowest BCUT2D eigenvalue weighted by Gasteiger charge is -2.10. The molecule has 6 heteroatoms. The normalized spacial score (nSPS) is 11.7. The van der Waals surface area contributed by atoms with E-state index in [2.05, 4.69) is 0 Å². The average molecular weight is 316 g/mol. The van der Waals surface area contributed by atoms with E-state index in [1.165, 1.54) is 17.3 Å². The molecule has 0 aliphatic carbocycles. The highest BCUT2D eigenvalue weighted by Gasteiger charge is 2.20. The molecule has 1 aromatic heterocycles. The van der Waals surface area contributed by atoms with E-state index in [9.17, 15) is 8.42 Å². The van der Waals surface area contributed by atoms with E-state index in [0.29, 0.717) is 22.3 Å². The molecule has 3 rings (SSSR count). The topological polar surface area (TPSA) is 74.3 Å². The van der Waals surface area contributed by atoms with Crippen molar-refractivity contribution in [2.24, 2.45) is 0 Å². The molecule has 0 aliphatic heterocycles. The van der Waals surface area contributed by atoms with Crippen molar-refractivity contribution in [3.63, 3.8) is 0 Å². The number of nitrogens with two attached hydrogens (primary N) is 1. The Balaban J connectivity index is 2.22. The molecule has 114 valence electrons. The predicted octanol–water partition coefficient (Wildman–Crippen LogP) is 2.78. The second kappa shape index (κ2) is 5.06. The number of hydrogen-bond donors (Lipinski definition) is 1. The van der Waals surface area contributed by atoms with Crippen LogP contribution in [-0.4, -0.2) is 19.5 Å². The van der Waals surface area contributed by atoms with Crippen LogP contribution in [0.3, 0.4) is 0 Å². The van der Waals surface area contributed by atoms with Gasteiger partial charge in [-0.2, -0.15) is 0 Å². The zero-order valence-electron chi connectivity index (χ0n) is 12.3. The van der Waals surface area contributed by atoms with Gasteiger partial charge in [0.1, 0.15) is 5.75 Å². The number of aromatic nitrogens is 1. The average Bonchev–Trinajstić information content (AvgIpc) is 2.94. The molecule has 0 unspecified atom stereocenters. The van der Waals surface area contributed by atoms with Gasteiger partial charge in [-0.15, -0.1) is 0 Å². The Labute approximate surface area is 129 Å². The van der Waals surface area contributed by atoms with Crippen LogP contribution in [0.1, 0.15) is 5.56 Å². The molecule has 0 aliphatic rings. The molecule has 0 atom stereocenters. The van der Waals surface area contributed by atoms with Gasteiger partial charge in [-0.05, 0) is 37.3 Å². The number of methoxy groups -OCH3 is 1. The van der Waals surface area contributed by atoms with Gasteiger partial charge < -0.3 is 10.5 Å². The maximum Gasteiger partial charge on any atom is 0.268 e. The van der Waals surface area contributed by atoms with E-state index in [0.717, 1.165) is 5.56 Å². The molecule has 0 saturated carbocycles.